The van der Waals surface area contributed by atoms with Crippen LogP contribution in [0, 0.1) is 39.9 Å². The molecule has 0 aliphatic heterocycles. The number of allylic oxidation sites excluding steroid dienone is 2. The minimum absolute atomic E-state index is 0.00602. The van der Waals surface area contributed by atoms with Gasteiger partial charge in [-0.3, -0.25) is 0 Å². The van der Waals surface area contributed by atoms with Crippen molar-refractivity contribution in [2.45, 2.75) is 31.2 Å². The average molecular weight is 573 g/mol. The summed E-state index contributed by atoms with van der Waals surface area (Å²) in [5, 5.41) is 10.5. The molecule has 2 saturated carbocycles. The van der Waals surface area contributed by atoms with Gasteiger partial charge in [-0.05, 0) is 36.5 Å². The zero-order chi connectivity index (χ0) is 16.2. The van der Waals surface area contributed by atoms with Crippen molar-refractivity contribution in [2.75, 3.05) is 0 Å². The van der Waals surface area contributed by atoms with Crippen molar-refractivity contribution >= 4 is 49.9 Å². The van der Waals surface area contributed by atoms with Crippen LogP contribution in [0.15, 0.2) is 17.3 Å². The van der Waals surface area contributed by atoms with E-state index in [9.17, 15) is 4.91 Å². The van der Waals surface area contributed by atoms with Gasteiger partial charge < -0.3 is 0 Å². The van der Waals surface area contributed by atoms with Gasteiger partial charge in [-0.1, -0.05) is 17.3 Å². The molecule has 2 fully saturated rings. The van der Waals surface area contributed by atoms with Crippen LogP contribution in [0.1, 0.15) is 19.8 Å². The second kappa shape index (κ2) is 8.69. The summed E-state index contributed by atoms with van der Waals surface area (Å²) >= 11 is 3.10. The number of alkyl halides is 1. The van der Waals surface area contributed by atoms with Crippen LogP contribution in [-0.2, 0) is 11.2 Å². The Bertz CT molecular complexity index is 430. The molecule has 6 atom stereocenters. The third-order valence-electron chi connectivity index (χ3n) is 4.15. The molecular formula is C12H15Cl5IrN2O. The molecule has 3 aliphatic carbocycles. The maximum absolute atomic E-state index is 10.6. The van der Waals surface area contributed by atoms with Gasteiger partial charge >= 0.3 is 49.6 Å². The van der Waals surface area contributed by atoms with Gasteiger partial charge in [-0.15, -0.1) is 11.6 Å². The number of nitroso groups, excluding NO2 is 1. The topological polar surface area (TPSA) is 53.2 Å². The molecule has 0 spiro atoms. The summed E-state index contributed by atoms with van der Waals surface area (Å²) < 4.78 is 0. The second-order valence-corrected chi connectivity index (χ2v) is 26.3. The summed E-state index contributed by atoms with van der Waals surface area (Å²) in [6.07, 6.45) is 6.81. The van der Waals surface area contributed by atoms with Crippen LogP contribution >= 0.6 is 49.9 Å². The van der Waals surface area contributed by atoms with Crippen molar-refractivity contribution < 1.29 is 11.2 Å². The first-order valence-electron chi connectivity index (χ1n) is 6.19. The maximum atomic E-state index is 10.6. The van der Waals surface area contributed by atoms with Crippen molar-refractivity contribution in [2.24, 2.45) is 28.8 Å². The van der Waals surface area contributed by atoms with Crippen molar-refractivity contribution in [3.63, 3.8) is 0 Å². The Morgan fingerprint density at radius 3 is 2.24 bits per heavy atom. The van der Waals surface area contributed by atoms with Crippen LogP contribution in [0.2, 0.25) is 0 Å². The number of halogens is 5. The summed E-state index contributed by atoms with van der Waals surface area (Å²) in [5.74, 6) is 2.34. The van der Waals surface area contributed by atoms with Gasteiger partial charge in [0.1, 0.15) is 6.04 Å². The molecule has 21 heavy (non-hydrogen) atoms. The fraction of sp³-hybridized carbons (Fsp3) is 0.750. The molecule has 0 amide bonds. The summed E-state index contributed by atoms with van der Waals surface area (Å²) in [4.78, 5) is 10.6. The van der Waals surface area contributed by atoms with Crippen LogP contribution in [-0.4, -0.2) is 11.4 Å². The quantitative estimate of drug-likeness (QED) is 0.225. The van der Waals surface area contributed by atoms with Crippen LogP contribution in [0.4, 0.5) is 0 Å². The molecular weight excluding hydrogens is 558 g/mol. The fourth-order valence-corrected chi connectivity index (χ4v) is 4.12. The van der Waals surface area contributed by atoms with Crippen molar-refractivity contribution in [1.29, 1.82) is 5.26 Å². The monoisotopic (exact) mass is 571 g/mol. The first kappa shape index (κ1) is 20.0. The van der Waals surface area contributed by atoms with Crippen LogP contribution in [0.25, 0.3) is 0 Å². The molecule has 0 aromatic carbocycles. The third kappa shape index (κ3) is 5.50. The predicted molar refractivity (Wildman–Crippen MR) is 86.3 cm³/mol. The number of hydrogen-bond acceptors (Lipinski definition) is 3. The molecule has 0 aromatic heterocycles. The molecule has 0 aromatic rings. The number of nitrogens with zero attached hydrogens (tertiary/aromatic N) is 2. The zero-order valence-corrected chi connectivity index (χ0v) is 17.2. The van der Waals surface area contributed by atoms with Crippen LogP contribution in [0.3, 0.4) is 0 Å². The first-order chi connectivity index (χ1) is 9.74. The van der Waals surface area contributed by atoms with Gasteiger partial charge in [0.2, 0.25) is 0 Å². The van der Waals surface area contributed by atoms with E-state index in [1.54, 1.807) is 6.07 Å². The van der Waals surface area contributed by atoms with E-state index in [1.165, 1.54) is 6.92 Å². The molecule has 0 heterocycles. The van der Waals surface area contributed by atoms with Gasteiger partial charge in [0.05, 0.1) is 11.4 Å². The van der Waals surface area contributed by atoms with Crippen molar-refractivity contribution in [3.8, 4) is 6.07 Å². The Morgan fingerprint density at radius 2 is 1.76 bits per heavy atom. The summed E-state index contributed by atoms with van der Waals surface area (Å²) in [6, 6.07) is 1.65. The van der Waals surface area contributed by atoms with Gasteiger partial charge in [-0.25, -0.2) is 0 Å². The molecule has 3 rings (SSSR count). The SMILES string of the molecule is CC#N.O=N[C@@H]1[C@H](Cl)[C@@H]2C[C@H]1[C@@H]1CC=C[C@@H]12.[Cl][Ir]([Cl])([Cl])[Cl]. The molecule has 0 saturated heterocycles. The molecule has 2 bridgehead atoms. The van der Waals surface area contributed by atoms with Gasteiger partial charge in [-0.2, -0.15) is 10.2 Å². The minimum atomic E-state index is -3.11. The first-order valence-corrected chi connectivity index (χ1v) is 18.5. The van der Waals surface area contributed by atoms with Crippen molar-refractivity contribution in [3.05, 3.63) is 17.1 Å². The molecule has 0 radical (unpaired) electrons. The van der Waals surface area contributed by atoms with E-state index in [4.69, 9.17) is 55.2 Å². The van der Waals surface area contributed by atoms with Crippen LogP contribution in [0.5, 0.6) is 0 Å². The van der Waals surface area contributed by atoms with E-state index in [0.29, 0.717) is 23.7 Å². The van der Waals surface area contributed by atoms with Gasteiger partial charge in [0.15, 0.2) is 0 Å². The van der Waals surface area contributed by atoms with E-state index in [1.807, 2.05) is 0 Å². The van der Waals surface area contributed by atoms with Gasteiger partial charge in [0, 0.05) is 6.92 Å². The Hall–Kier alpha value is 0.929. The molecule has 3 nitrogen and oxygen atoms in total. The fourth-order valence-electron chi connectivity index (χ4n) is 3.62. The average Bonchev–Trinajstić information content (AvgIpc) is 2.97. The van der Waals surface area contributed by atoms with E-state index in [-0.39, 0.29) is 11.4 Å². The summed E-state index contributed by atoms with van der Waals surface area (Å²) in [6.45, 7) is 1.43. The number of hydrogen-bond donors (Lipinski definition) is 0. The van der Waals surface area contributed by atoms with E-state index < -0.39 is 11.2 Å². The Labute approximate surface area is 148 Å². The number of fused-ring (bicyclic) bond motifs is 5. The molecule has 9 heteroatoms. The van der Waals surface area contributed by atoms with Gasteiger partial charge in [0.25, 0.3) is 0 Å². The molecule has 123 valence electrons. The van der Waals surface area contributed by atoms with Crippen LogP contribution < -0.4 is 0 Å². The normalized spacial score (nSPS) is 39.3. The Balaban J connectivity index is 0.000000235. The molecule has 3 aliphatic rings. The zero-order valence-electron chi connectivity index (χ0n) is 11.1. The summed E-state index contributed by atoms with van der Waals surface area (Å²) in [7, 11) is 20.1. The van der Waals surface area contributed by atoms with E-state index in [2.05, 4.69) is 17.3 Å². The Morgan fingerprint density at radius 1 is 1.24 bits per heavy atom. The summed E-state index contributed by atoms with van der Waals surface area (Å²) in [5.41, 5.74) is 0. The molecule has 0 N–H and O–H groups in total. The Kier molecular flexibility index (Phi) is 8.27. The molecule has 0 unspecified atom stereocenters. The number of nitriles is 1. The predicted octanol–water partition coefficient (Wildman–Crippen LogP) is 5.86. The van der Waals surface area contributed by atoms with E-state index in [0.717, 1.165) is 12.8 Å². The standard InChI is InChI=1S/C10H12ClNO.C2H3N.4ClH.Ir/c11-9-7-4-8(10(9)12-13)6-3-1-2-5(6)7;1-2-3;;;;;/h1-2,5-10H,3-4H2;1H3;4*1H;/q;;;;;;+4/p-4/t5-,6+,7+,8-,9+,10-;;;;;;/m0....../s1. The van der Waals surface area contributed by atoms with Crippen molar-refractivity contribution in [1.82, 2.24) is 0 Å². The number of rotatable bonds is 1. The van der Waals surface area contributed by atoms with E-state index >= 15 is 0 Å². The second-order valence-electron chi connectivity index (χ2n) is 5.02. The third-order valence-corrected chi connectivity index (χ3v) is 4.73.